The summed E-state index contributed by atoms with van der Waals surface area (Å²) in [5, 5.41) is 0. The number of nitrogens with zero attached hydrogens (tertiary/aromatic N) is 1. The van der Waals surface area contributed by atoms with Crippen LogP contribution in [0.4, 0.5) is 0 Å². The van der Waals surface area contributed by atoms with Gasteiger partial charge in [-0.1, -0.05) is 48.4 Å². The maximum absolute atomic E-state index is 6.06. The average Bonchev–Trinajstić information content (AvgIpc) is 2.37. The summed E-state index contributed by atoms with van der Waals surface area (Å²) in [4.78, 5) is 0. The van der Waals surface area contributed by atoms with Crippen LogP contribution in [0.3, 0.4) is 0 Å². The number of quaternary nitrogens is 1. The topological polar surface area (TPSA) is 27.7 Å². The molecular weight excluding hydrogens is 265 g/mol. The fraction of sp³-hybridized carbons (Fsp3) is 1.00. The number of unbranched alkanes of at least 4 members (excludes halogenated alkanes) is 3. The molecule has 0 aliphatic carbocycles. The zero-order valence-electron chi connectivity index (χ0n) is 14.5. The van der Waals surface area contributed by atoms with Gasteiger partial charge in [0.05, 0.1) is 41.0 Å². The van der Waals surface area contributed by atoms with Crippen molar-refractivity contribution in [2.24, 2.45) is 0 Å². The lowest BCUT2D eigenvalue weighted by atomic mass is 10.3. The Morgan fingerprint density at radius 3 is 1.14 bits per heavy atom. The summed E-state index contributed by atoms with van der Waals surface area (Å²) in [5.41, 5.74) is 0. The molecule has 0 aliphatic heterocycles. The first kappa shape index (κ1) is 23.2. The highest BCUT2D eigenvalue weighted by molar-refractivity contribution is 5.75. The van der Waals surface area contributed by atoms with E-state index < -0.39 is 6.10 Å². The molecule has 0 aliphatic rings. The van der Waals surface area contributed by atoms with E-state index >= 15 is 0 Å². The number of hydrogen-bond acceptors (Lipinski definition) is 3. The molecule has 21 heavy (non-hydrogen) atoms. The third-order valence-electron chi connectivity index (χ3n) is 3.17. The second-order valence-corrected chi connectivity index (χ2v) is 6.14. The molecule has 0 heterocycles. The lowest BCUT2D eigenvalue weighted by Crippen LogP contribution is -2.62. The molecule has 0 saturated carbocycles. The van der Waals surface area contributed by atoms with Crippen molar-refractivity contribution in [3.8, 4) is 0 Å². The molecule has 0 radical (unpaired) electrons. The molecule has 0 atom stereocenters. The standard InChI is InChI=1S/C16H36NO3.BH4/c1-7-10-13-18-16(17(4,5)6,19-14-11-8-2)20-15-12-9-3;/h7-15H2,1-6H3;1H4/q+1;-1. The van der Waals surface area contributed by atoms with Gasteiger partial charge in [-0.15, -0.1) is 0 Å². The highest BCUT2D eigenvalue weighted by atomic mass is 16.9. The van der Waals surface area contributed by atoms with Gasteiger partial charge in [0.25, 0.3) is 0 Å². The zero-order valence-corrected chi connectivity index (χ0v) is 14.5. The summed E-state index contributed by atoms with van der Waals surface area (Å²) in [6.07, 6.45) is 5.42. The lowest BCUT2D eigenvalue weighted by Gasteiger charge is -2.42. The van der Waals surface area contributed by atoms with Gasteiger partial charge in [0.2, 0.25) is 0 Å². The van der Waals surface area contributed by atoms with Crippen LogP contribution in [0.2, 0.25) is 0 Å². The molecule has 4 nitrogen and oxygen atoms in total. The molecule has 0 aromatic carbocycles. The molecule has 0 fully saturated rings. The second-order valence-electron chi connectivity index (χ2n) is 6.14. The van der Waals surface area contributed by atoms with Gasteiger partial charge >= 0.3 is 6.10 Å². The predicted molar refractivity (Wildman–Crippen MR) is 94.7 cm³/mol. The molecular formula is C16H40BNO3. The Bertz CT molecular complexity index is 206. The van der Waals surface area contributed by atoms with E-state index in [0.717, 1.165) is 38.5 Å². The fourth-order valence-corrected chi connectivity index (χ4v) is 1.74. The van der Waals surface area contributed by atoms with Crippen molar-refractivity contribution in [3.05, 3.63) is 0 Å². The van der Waals surface area contributed by atoms with Gasteiger partial charge in [0, 0.05) is 0 Å². The van der Waals surface area contributed by atoms with Crippen LogP contribution in [-0.4, -0.2) is 60.0 Å². The molecule has 0 unspecified atom stereocenters. The summed E-state index contributed by atoms with van der Waals surface area (Å²) in [6.45, 7) is 8.49. The van der Waals surface area contributed by atoms with Gasteiger partial charge in [0.15, 0.2) is 0 Å². The van der Waals surface area contributed by atoms with Crippen LogP contribution in [0.25, 0.3) is 0 Å². The number of hydrogen-bond donors (Lipinski definition) is 0. The first-order valence-electron chi connectivity index (χ1n) is 8.16. The molecule has 0 aromatic rings. The Morgan fingerprint density at radius 1 is 0.667 bits per heavy atom. The predicted octanol–water partition coefficient (Wildman–Crippen LogP) is 2.30. The third kappa shape index (κ3) is 8.82. The SMILES string of the molecule is CCCCOC(OCCCC)(OCCCC)[N+](C)(C)C.[BH4-]. The van der Waals surface area contributed by atoms with E-state index in [1.807, 2.05) is 0 Å². The maximum Gasteiger partial charge on any atom is 0.449 e. The van der Waals surface area contributed by atoms with Gasteiger partial charge < -0.3 is 0 Å². The Balaban J connectivity index is 0. The van der Waals surface area contributed by atoms with Gasteiger partial charge in [0.1, 0.15) is 0 Å². The summed E-state index contributed by atoms with van der Waals surface area (Å²) in [6, 6.07) is 0. The van der Waals surface area contributed by atoms with E-state index in [2.05, 4.69) is 41.9 Å². The van der Waals surface area contributed by atoms with Crippen LogP contribution < -0.4 is 0 Å². The highest BCUT2D eigenvalue weighted by Gasteiger charge is 2.48. The van der Waals surface area contributed by atoms with Crippen LogP contribution in [0.15, 0.2) is 0 Å². The molecule has 0 amide bonds. The van der Waals surface area contributed by atoms with Crippen molar-refractivity contribution in [1.29, 1.82) is 0 Å². The molecule has 130 valence electrons. The first-order valence-corrected chi connectivity index (χ1v) is 8.16. The van der Waals surface area contributed by atoms with Crippen LogP contribution in [0.5, 0.6) is 0 Å². The summed E-state index contributed by atoms with van der Waals surface area (Å²) in [5.74, 6) is 0. The van der Waals surface area contributed by atoms with Gasteiger partial charge in [-0.25, -0.2) is 0 Å². The summed E-state index contributed by atoms with van der Waals surface area (Å²) in [7, 11) is 6.18. The van der Waals surface area contributed by atoms with E-state index in [-0.39, 0.29) is 8.41 Å². The van der Waals surface area contributed by atoms with Crippen molar-refractivity contribution in [3.63, 3.8) is 0 Å². The Labute approximate surface area is 134 Å². The summed E-state index contributed by atoms with van der Waals surface area (Å²) >= 11 is 0. The Morgan fingerprint density at radius 2 is 0.952 bits per heavy atom. The normalized spacial score (nSPS) is 12.3. The Hall–Kier alpha value is -0.0951. The largest absolute Gasteiger partial charge is 0.449 e. The van der Waals surface area contributed by atoms with Crippen molar-refractivity contribution in [2.45, 2.75) is 65.4 Å². The minimum absolute atomic E-state index is 0. The monoisotopic (exact) mass is 305 g/mol. The number of ether oxygens (including phenoxy) is 3. The fourth-order valence-electron chi connectivity index (χ4n) is 1.74. The first-order chi connectivity index (χ1) is 9.43. The van der Waals surface area contributed by atoms with Crippen LogP contribution in [-0.2, 0) is 14.2 Å². The third-order valence-corrected chi connectivity index (χ3v) is 3.17. The maximum atomic E-state index is 6.06. The molecule has 0 spiro atoms. The van der Waals surface area contributed by atoms with E-state index in [1.54, 1.807) is 0 Å². The van der Waals surface area contributed by atoms with Gasteiger partial charge in [-0.05, 0) is 19.3 Å². The molecule has 0 aromatic heterocycles. The van der Waals surface area contributed by atoms with Gasteiger partial charge in [-0.3, -0.25) is 18.7 Å². The molecule has 0 saturated heterocycles. The van der Waals surface area contributed by atoms with Crippen molar-refractivity contribution in [2.75, 3.05) is 41.0 Å². The minimum Gasteiger partial charge on any atom is -0.278 e. The van der Waals surface area contributed by atoms with Crippen LogP contribution >= 0.6 is 0 Å². The van der Waals surface area contributed by atoms with E-state index in [1.165, 1.54) is 0 Å². The zero-order chi connectivity index (χ0) is 15.5. The highest BCUT2D eigenvalue weighted by Crippen LogP contribution is 2.25. The Kier molecular flexibility index (Phi) is 13.7. The van der Waals surface area contributed by atoms with E-state index in [4.69, 9.17) is 14.2 Å². The lowest BCUT2D eigenvalue weighted by molar-refractivity contribution is -1.01. The molecule has 0 N–H and O–H groups in total. The van der Waals surface area contributed by atoms with Crippen molar-refractivity contribution in [1.82, 2.24) is 0 Å². The quantitative estimate of drug-likeness (QED) is 0.226. The van der Waals surface area contributed by atoms with E-state index in [9.17, 15) is 0 Å². The molecule has 0 rings (SSSR count). The summed E-state index contributed by atoms with van der Waals surface area (Å²) < 4.78 is 18.7. The molecule has 5 heteroatoms. The van der Waals surface area contributed by atoms with E-state index in [0.29, 0.717) is 24.3 Å². The average molecular weight is 305 g/mol. The van der Waals surface area contributed by atoms with Crippen LogP contribution in [0.1, 0.15) is 59.3 Å². The van der Waals surface area contributed by atoms with Gasteiger partial charge in [-0.2, -0.15) is 0 Å². The van der Waals surface area contributed by atoms with Crippen molar-refractivity contribution < 1.29 is 18.7 Å². The van der Waals surface area contributed by atoms with Crippen molar-refractivity contribution >= 4 is 8.41 Å². The minimum atomic E-state index is -0.973. The second kappa shape index (κ2) is 12.4. The molecule has 0 bridgehead atoms. The smallest absolute Gasteiger partial charge is 0.278 e. The van der Waals surface area contributed by atoms with Crippen LogP contribution in [0, 0.1) is 0 Å². The number of rotatable bonds is 13.